The summed E-state index contributed by atoms with van der Waals surface area (Å²) in [7, 11) is 0. The first-order valence-electron chi connectivity index (χ1n) is 11.3. The van der Waals surface area contributed by atoms with E-state index in [0.717, 1.165) is 38.9 Å². The largest absolute Gasteiger partial charge is 0.325 e. The van der Waals surface area contributed by atoms with Gasteiger partial charge in [-0.05, 0) is 79.8 Å². The number of aromatic nitrogens is 1. The first-order valence-corrected chi connectivity index (χ1v) is 12.1. The van der Waals surface area contributed by atoms with Crippen LogP contribution in [0.3, 0.4) is 0 Å². The van der Waals surface area contributed by atoms with Crippen molar-refractivity contribution in [3.63, 3.8) is 0 Å². The summed E-state index contributed by atoms with van der Waals surface area (Å²) in [5, 5.41) is 5.21. The minimum atomic E-state index is -0.760. The molecule has 2 aliphatic heterocycles. The van der Waals surface area contributed by atoms with E-state index in [1.165, 1.54) is 15.3 Å². The molecule has 0 aromatic carbocycles. The second kappa shape index (κ2) is 9.49. The number of nitrogens with zero attached hydrogens (tertiary/aromatic N) is 3. The van der Waals surface area contributed by atoms with Gasteiger partial charge in [-0.1, -0.05) is 19.9 Å². The van der Waals surface area contributed by atoms with Gasteiger partial charge >= 0.3 is 6.03 Å². The highest BCUT2D eigenvalue weighted by Gasteiger charge is 2.55. The molecule has 2 saturated heterocycles. The molecule has 4 heterocycles. The van der Waals surface area contributed by atoms with Gasteiger partial charge < -0.3 is 5.32 Å². The van der Waals surface area contributed by atoms with Gasteiger partial charge in [0.1, 0.15) is 5.54 Å². The zero-order valence-corrected chi connectivity index (χ0v) is 19.2. The molecular weight excluding hydrogens is 408 g/mol. The minimum absolute atomic E-state index is 0.0182. The zero-order valence-electron chi connectivity index (χ0n) is 18.4. The van der Waals surface area contributed by atoms with E-state index in [0.29, 0.717) is 18.9 Å². The van der Waals surface area contributed by atoms with E-state index in [9.17, 15) is 9.59 Å². The number of piperidine rings is 1. The molecule has 0 spiro atoms. The van der Waals surface area contributed by atoms with E-state index in [-0.39, 0.29) is 17.9 Å². The lowest BCUT2D eigenvalue weighted by Gasteiger charge is -2.41. The van der Waals surface area contributed by atoms with Gasteiger partial charge in [0.25, 0.3) is 5.91 Å². The van der Waals surface area contributed by atoms with E-state index >= 15 is 0 Å². The Bertz CT molecular complexity index is 878. The fourth-order valence-corrected chi connectivity index (χ4v) is 5.78. The van der Waals surface area contributed by atoms with Crippen LogP contribution in [-0.2, 0) is 17.8 Å². The number of hydrogen-bond donors (Lipinski definition) is 1. The summed E-state index contributed by atoms with van der Waals surface area (Å²) in [5.41, 5.74) is 0.499. The lowest BCUT2D eigenvalue weighted by atomic mass is 9.73. The SMILES string of the molecule is CC(C)C[C@@]1(C2CCN(Cc3ccncc3)CC2)NC(=O)N(CCc2cccs2)C1=O. The van der Waals surface area contributed by atoms with Gasteiger partial charge in [0.05, 0.1) is 0 Å². The Labute approximate surface area is 188 Å². The number of carbonyl (C=O) groups is 2. The monoisotopic (exact) mass is 440 g/mol. The van der Waals surface area contributed by atoms with Crippen LogP contribution in [0.25, 0.3) is 0 Å². The van der Waals surface area contributed by atoms with Crippen LogP contribution >= 0.6 is 11.3 Å². The smallest absolute Gasteiger partial charge is 0.323 e. The number of thiophene rings is 1. The summed E-state index contributed by atoms with van der Waals surface area (Å²) >= 11 is 1.67. The van der Waals surface area contributed by atoms with Gasteiger partial charge in [0.15, 0.2) is 0 Å². The number of likely N-dealkylation sites (tertiary alicyclic amines) is 1. The first-order chi connectivity index (χ1) is 15.0. The Hall–Kier alpha value is -2.25. The number of pyridine rings is 1. The highest BCUT2D eigenvalue weighted by atomic mass is 32.1. The molecule has 2 aliphatic rings. The van der Waals surface area contributed by atoms with Gasteiger partial charge in [-0.3, -0.25) is 19.6 Å². The van der Waals surface area contributed by atoms with Crippen LogP contribution in [0.15, 0.2) is 42.0 Å². The number of rotatable bonds is 8. The third-order valence-electron chi connectivity index (χ3n) is 6.53. The number of carbonyl (C=O) groups excluding carboxylic acids is 2. The van der Waals surface area contributed by atoms with E-state index in [4.69, 9.17) is 0 Å². The number of nitrogens with one attached hydrogen (secondary N) is 1. The molecule has 2 fully saturated rings. The number of amides is 3. The van der Waals surface area contributed by atoms with Crippen LogP contribution in [0.5, 0.6) is 0 Å². The molecule has 7 heteroatoms. The van der Waals surface area contributed by atoms with Crippen molar-refractivity contribution in [1.82, 2.24) is 20.1 Å². The molecule has 6 nitrogen and oxygen atoms in total. The molecule has 0 saturated carbocycles. The van der Waals surface area contributed by atoms with Crippen molar-refractivity contribution in [3.05, 3.63) is 52.5 Å². The van der Waals surface area contributed by atoms with Gasteiger partial charge in [0, 0.05) is 30.4 Å². The molecule has 4 rings (SSSR count). The van der Waals surface area contributed by atoms with Crippen LogP contribution in [0.4, 0.5) is 4.79 Å². The third kappa shape index (κ3) is 4.83. The van der Waals surface area contributed by atoms with Gasteiger partial charge in [-0.15, -0.1) is 11.3 Å². The molecule has 0 bridgehead atoms. The molecule has 2 aromatic heterocycles. The summed E-state index contributed by atoms with van der Waals surface area (Å²) in [6.07, 6.45) is 6.92. The average Bonchev–Trinajstić information content (AvgIpc) is 3.35. The standard InChI is InChI=1S/C24H32N4O2S/c1-18(2)16-24(20-7-12-27(13-8-20)17-19-5-10-25-11-6-19)22(29)28(23(30)26-24)14-9-21-4-3-15-31-21/h3-6,10-11,15,18,20H,7-9,12-14,16-17H2,1-2H3,(H,26,30)/t24-/m0/s1. The van der Waals surface area contributed by atoms with Crippen molar-refractivity contribution in [2.75, 3.05) is 19.6 Å². The molecular formula is C24H32N4O2S. The van der Waals surface area contributed by atoms with Crippen LogP contribution in [0, 0.1) is 11.8 Å². The van der Waals surface area contributed by atoms with Crippen LogP contribution in [0.1, 0.15) is 43.6 Å². The fourth-order valence-electron chi connectivity index (χ4n) is 5.08. The second-order valence-electron chi connectivity index (χ2n) is 9.19. The van der Waals surface area contributed by atoms with Crippen molar-refractivity contribution in [2.45, 2.75) is 51.6 Å². The number of urea groups is 1. The summed E-state index contributed by atoms with van der Waals surface area (Å²) in [5.74, 6) is 0.485. The molecule has 0 radical (unpaired) electrons. The zero-order chi connectivity index (χ0) is 21.8. The Morgan fingerprint density at radius 3 is 2.58 bits per heavy atom. The minimum Gasteiger partial charge on any atom is -0.323 e. The van der Waals surface area contributed by atoms with Gasteiger partial charge in [-0.2, -0.15) is 0 Å². The van der Waals surface area contributed by atoms with Crippen molar-refractivity contribution in [2.24, 2.45) is 11.8 Å². The molecule has 1 N–H and O–H groups in total. The summed E-state index contributed by atoms with van der Waals surface area (Å²) in [4.78, 5) is 35.7. The van der Waals surface area contributed by atoms with Crippen LogP contribution < -0.4 is 5.32 Å². The Balaban J connectivity index is 1.44. The molecule has 166 valence electrons. The summed E-state index contributed by atoms with van der Waals surface area (Å²) in [6, 6.07) is 7.95. The maximum atomic E-state index is 13.6. The van der Waals surface area contributed by atoms with E-state index in [2.05, 4.69) is 47.2 Å². The Morgan fingerprint density at radius 1 is 1.19 bits per heavy atom. The van der Waals surface area contributed by atoms with Gasteiger partial charge in [-0.25, -0.2) is 4.79 Å². The summed E-state index contributed by atoms with van der Waals surface area (Å²) < 4.78 is 0. The fraction of sp³-hybridized carbons (Fsp3) is 0.542. The van der Waals surface area contributed by atoms with E-state index < -0.39 is 5.54 Å². The quantitative estimate of drug-likeness (QED) is 0.632. The third-order valence-corrected chi connectivity index (χ3v) is 7.47. The first kappa shape index (κ1) is 22.0. The van der Waals surface area contributed by atoms with E-state index in [1.807, 2.05) is 23.8 Å². The Kier molecular flexibility index (Phi) is 6.72. The topological polar surface area (TPSA) is 65.5 Å². The second-order valence-corrected chi connectivity index (χ2v) is 10.2. The highest BCUT2D eigenvalue weighted by molar-refractivity contribution is 7.09. The normalized spacial score (nSPS) is 23.0. The van der Waals surface area contributed by atoms with Crippen LogP contribution in [-0.4, -0.2) is 51.9 Å². The van der Waals surface area contributed by atoms with Crippen molar-refractivity contribution < 1.29 is 9.59 Å². The highest BCUT2D eigenvalue weighted by Crippen LogP contribution is 2.38. The molecule has 0 aliphatic carbocycles. The Morgan fingerprint density at radius 2 is 1.94 bits per heavy atom. The molecule has 0 unspecified atom stereocenters. The van der Waals surface area contributed by atoms with Crippen LogP contribution in [0.2, 0.25) is 0 Å². The predicted molar refractivity (Wildman–Crippen MR) is 123 cm³/mol. The molecule has 31 heavy (non-hydrogen) atoms. The summed E-state index contributed by atoms with van der Waals surface area (Å²) in [6.45, 7) is 7.49. The van der Waals surface area contributed by atoms with Crippen molar-refractivity contribution in [3.8, 4) is 0 Å². The molecule has 1 atom stereocenters. The van der Waals surface area contributed by atoms with E-state index in [1.54, 1.807) is 11.3 Å². The molecule has 3 amide bonds. The van der Waals surface area contributed by atoms with Gasteiger partial charge in [0.2, 0.25) is 0 Å². The van der Waals surface area contributed by atoms with Crippen molar-refractivity contribution in [1.29, 1.82) is 0 Å². The average molecular weight is 441 g/mol. The number of hydrogen-bond acceptors (Lipinski definition) is 5. The maximum absolute atomic E-state index is 13.6. The van der Waals surface area contributed by atoms with Crippen molar-refractivity contribution >= 4 is 23.3 Å². The lowest BCUT2D eigenvalue weighted by Crippen LogP contribution is -2.56. The number of imide groups is 1. The maximum Gasteiger partial charge on any atom is 0.325 e. The molecule has 2 aromatic rings. The predicted octanol–water partition coefficient (Wildman–Crippen LogP) is 3.93. The lowest BCUT2D eigenvalue weighted by molar-refractivity contribution is -0.134.